The number of halogens is 4. The second-order valence-corrected chi connectivity index (χ2v) is 8.48. The number of benzene rings is 1. The predicted octanol–water partition coefficient (Wildman–Crippen LogP) is 3.41. The van der Waals surface area contributed by atoms with Crippen LogP contribution >= 0.6 is 11.6 Å². The van der Waals surface area contributed by atoms with E-state index in [1.54, 1.807) is 0 Å². The molecule has 0 amide bonds. The molecule has 4 rings (SSSR count). The Kier molecular flexibility index (Phi) is 5.33. The number of H-pyrrole nitrogens is 1. The lowest BCUT2D eigenvalue weighted by molar-refractivity contribution is -0.114. The number of nitrogens with zero attached hydrogens (tertiary/aromatic N) is 3. The van der Waals surface area contributed by atoms with Crippen LogP contribution in [0.15, 0.2) is 12.1 Å². The van der Waals surface area contributed by atoms with Crippen molar-refractivity contribution in [3.8, 4) is 0 Å². The number of β-amino-alcohol motifs (C(OH)–C–C–N with tert-alkyl or cyclic N) is 1. The number of hydrogen-bond acceptors (Lipinski definition) is 4. The molecule has 2 aromatic rings. The number of aromatic nitrogens is 2. The third kappa shape index (κ3) is 4.30. The van der Waals surface area contributed by atoms with E-state index in [-0.39, 0.29) is 31.2 Å². The van der Waals surface area contributed by atoms with Crippen LogP contribution in [0.2, 0.25) is 5.02 Å². The SMILES string of the molecule is OC1(CN2CCN(Cc3nc4c(F)ccc(Cl)c4[nH]3)CC2)CCC(F)(F)CC1. The molecule has 1 aliphatic heterocycles. The summed E-state index contributed by atoms with van der Waals surface area (Å²) in [6.07, 6.45) is -0.194. The Morgan fingerprint density at radius 1 is 1.07 bits per heavy atom. The van der Waals surface area contributed by atoms with Gasteiger partial charge in [-0.1, -0.05) is 11.6 Å². The summed E-state index contributed by atoms with van der Waals surface area (Å²) in [6, 6.07) is 2.81. The van der Waals surface area contributed by atoms with E-state index in [0.717, 1.165) is 26.2 Å². The average molecular weight is 417 g/mol. The van der Waals surface area contributed by atoms with Gasteiger partial charge in [-0.15, -0.1) is 0 Å². The van der Waals surface area contributed by atoms with Crippen LogP contribution in [0.3, 0.4) is 0 Å². The Morgan fingerprint density at radius 3 is 2.36 bits per heavy atom. The van der Waals surface area contributed by atoms with Gasteiger partial charge >= 0.3 is 0 Å². The molecule has 0 spiro atoms. The first-order valence-corrected chi connectivity index (χ1v) is 9.98. The largest absolute Gasteiger partial charge is 0.389 e. The van der Waals surface area contributed by atoms with E-state index in [9.17, 15) is 18.3 Å². The van der Waals surface area contributed by atoms with Gasteiger partial charge < -0.3 is 10.1 Å². The lowest BCUT2D eigenvalue weighted by Crippen LogP contribution is -2.53. The van der Waals surface area contributed by atoms with Crippen molar-refractivity contribution in [1.82, 2.24) is 19.8 Å². The molecule has 0 bridgehead atoms. The lowest BCUT2D eigenvalue weighted by Gasteiger charge is -2.42. The standard InChI is InChI=1S/C19H24ClF3N4O/c20-13-1-2-14(21)17-16(13)24-15(25-17)11-26-7-9-27(10-8-26)12-18(28)3-5-19(22,23)6-4-18/h1-2,28H,3-12H2,(H,24,25). The van der Waals surface area contributed by atoms with Crippen LogP contribution in [0.5, 0.6) is 0 Å². The quantitative estimate of drug-likeness (QED) is 0.802. The molecule has 28 heavy (non-hydrogen) atoms. The van der Waals surface area contributed by atoms with Gasteiger partial charge in [-0.25, -0.2) is 18.2 Å². The molecule has 5 nitrogen and oxygen atoms in total. The van der Waals surface area contributed by atoms with Crippen LogP contribution in [-0.4, -0.2) is 69.1 Å². The minimum atomic E-state index is -2.64. The summed E-state index contributed by atoms with van der Waals surface area (Å²) >= 11 is 6.10. The minimum Gasteiger partial charge on any atom is -0.389 e. The Balaban J connectivity index is 1.31. The van der Waals surface area contributed by atoms with Crippen molar-refractivity contribution in [1.29, 1.82) is 0 Å². The maximum atomic E-state index is 13.9. The van der Waals surface area contributed by atoms with Crippen molar-refractivity contribution in [3.63, 3.8) is 0 Å². The predicted molar refractivity (Wildman–Crippen MR) is 101 cm³/mol. The van der Waals surface area contributed by atoms with Gasteiger partial charge in [0, 0.05) is 45.6 Å². The maximum Gasteiger partial charge on any atom is 0.248 e. The lowest BCUT2D eigenvalue weighted by atomic mass is 9.82. The molecule has 0 atom stereocenters. The smallest absolute Gasteiger partial charge is 0.248 e. The highest BCUT2D eigenvalue weighted by molar-refractivity contribution is 6.34. The van der Waals surface area contributed by atoms with E-state index in [1.165, 1.54) is 12.1 Å². The van der Waals surface area contributed by atoms with Gasteiger partial charge in [0.1, 0.15) is 11.3 Å². The fourth-order valence-electron chi connectivity index (χ4n) is 4.12. The average Bonchev–Trinajstić information content (AvgIpc) is 3.08. The molecule has 1 aromatic heterocycles. The third-order valence-electron chi connectivity index (χ3n) is 5.86. The molecular weight excluding hydrogens is 393 g/mol. The van der Waals surface area contributed by atoms with Gasteiger partial charge in [-0.2, -0.15) is 0 Å². The van der Waals surface area contributed by atoms with E-state index >= 15 is 0 Å². The van der Waals surface area contributed by atoms with Crippen LogP contribution in [-0.2, 0) is 6.54 Å². The zero-order valence-corrected chi connectivity index (χ0v) is 16.3. The molecule has 1 saturated carbocycles. The molecule has 2 fully saturated rings. The van der Waals surface area contributed by atoms with E-state index in [0.29, 0.717) is 29.5 Å². The molecule has 1 saturated heterocycles. The summed E-state index contributed by atoms with van der Waals surface area (Å²) in [7, 11) is 0. The highest BCUT2D eigenvalue weighted by Gasteiger charge is 2.43. The van der Waals surface area contributed by atoms with Gasteiger partial charge in [0.2, 0.25) is 5.92 Å². The van der Waals surface area contributed by atoms with E-state index in [2.05, 4.69) is 19.8 Å². The van der Waals surface area contributed by atoms with Crippen LogP contribution in [0.4, 0.5) is 13.2 Å². The molecule has 2 aliphatic rings. The van der Waals surface area contributed by atoms with E-state index in [1.807, 2.05) is 0 Å². The van der Waals surface area contributed by atoms with Crippen LogP contribution in [0, 0.1) is 5.82 Å². The molecule has 9 heteroatoms. The molecule has 2 heterocycles. The number of nitrogens with one attached hydrogen (secondary N) is 1. The third-order valence-corrected chi connectivity index (χ3v) is 6.18. The van der Waals surface area contributed by atoms with Gasteiger partial charge in [0.25, 0.3) is 0 Å². The number of imidazole rings is 1. The molecular formula is C19H24ClF3N4O. The number of aliphatic hydroxyl groups is 1. The Hall–Kier alpha value is -1.35. The zero-order chi connectivity index (χ0) is 19.9. The second-order valence-electron chi connectivity index (χ2n) is 8.07. The number of fused-ring (bicyclic) bond motifs is 1. The molecule has 1 aromatic carbocycles. The first-order valence-electron chi connectivity index (χ1n) is 9.61. The summed E-state index contributed by atoms with van der Waals surface area (Å²) in [4.78, 5) is 11.7. The zero-order valence-electron chi connectivity index (χ0n) is 15.5. The van der Waals surface area contributed by atoms with Crippen molar-refractivity contribution in [2.75, 3.05) is 32.7 Å². The number of rotatable bonds is 4. The monoisotopic (exact) mass is 416 g/mol. The Bertz CT molecular complexity index is 802. The van der Waals surface area contributed by atoms with Crippen molar-refractivity contribution in [2.24, 2.45) is 0 Å². The molecule has 2 N–H and O–H groups in total. The van der Waals surface area contributed by atoms with Gasteiger partial charge in [0.15, 0.2) is 5.82 Å². The summed E-state index contributed by atoms with van der Waals surface area (Å²) in [5, 5.41) is 11.1. The first kappa shape index (κ1) is 19.9. The van der Waals surface area contributed by atoms with E-state index < -0.39 is 17.3 Å². The van der Waals surface area contributed by atoms with E-state index in [4.69, 9.17) is 11.6 Å². The number of hydrogen-bond donors (Lipinski definition) is 2. The minimum absolute atomic E-state index is 0.144. The summed E-state index contributed by atoms with van der Waals surface area (Å²) in [5.74, 6) is -2.39. The molecule has 1 aliphatic carbocycles. The summed E-state index contributed by atoms with van der Waals surface area (Å²) < 4.78 is 40.6. The molecule has 0 unspecified atom stereocenters. The first-order chi connectivity index (χ1) is 13.2. The Labute approximate surface area is 166 Å². The van der Waals surface area contributed by atoms with Crippen molar-refractivity contribution < 1.29 is 18.3 Å². The van der Waals surface area contributed by atoms with Crippen molar-refractivity contribution in [3.05, 3.63) is 28.8 Å². The van der Waals surface area contributed by atoms with Crippen LogP contribution in [0.25, 0.3) is 11.0 Å². The fourth-order valence-corrected chi connectivity index (χ4v) is 4.32. The van der Waals surface area contributed by atoms with Gasteiger partial charge in [0.05, 0.1) is 22.7 Å². The van der Waals surface area contributed by atoms with Crippen molar-refractivity contribution in [2.45, 2.75) is 43.8 Å². The molecule has 154 valence electrons. The second kappa shape index (κ2) is 7.48. The summed E-state index contributed by atoms with van der Waals surface area (Å²) in [6.45, 7) is 4.00. The highest BCUT2D eigenvalue weighted by atomic mass is 35.5. The maximum absolute atomic E-state index is 13.9. The highest BCUT2D eigenvalue weighted by Crippen LogP contribution is 2.38. The Morgan fingerprint density at radius 2 is 1.71 bits per heavy atom. The number of alkyl halides is 2. The van der Waals surface area contributed by atoms with Gasteiger partial charge in [-0.3, -0.25) is 9.80 Å². The number of piperazine rings is 1. The van der Waals surface area contributed by atoms with Crippen molar-refractivity contribution >= 4 is 22.6 Å². The van der Waals surface area contributed by atoms with Crippen LogP contribution in [0.1, 0.15) is 31.5 Å². The summed E-state index contributed by atoms with van der Waals surface area (Å²) in [5.41, 5.74) is -0.263. The fraction of sp³-hybridized carbons (Fsp3) is 0.632. The normalized spacial score (nSPS) is 23.3. The van der Waals surface area contributed by atoms with Gasteiger partial charge in [-0.05, 0) is 25.0 Å². The topological polar surface area (TPSA) is 55.4 Å². The van der Waals surface area contributed by atoms with Crippen LogP contribution < -0.4 is 0 Å². The molecule has 0 radical (unpaired) electrons. The number of aromatic amines is 1.